The Morgan fingerprint density at radius 2 is 2.00 bits per heavy atom. The number of urea groups is 1. The first kappa shape index (κ1) is 24.6. The van der Waals surface area contributed by atoms with Gasteiger partial charge in [0, 0.05) is 19.8 Å². The number of carbonyl (C=O) groups excluding carboxylic acids is 3. The van der Waals surface area contributed by atoms with Crippen LogP contribution in [0.3, 0.4) is 0 Å². The Hall–Kier alpha value is -2.42. The smallest absolute Gasteiger partial charge is 0.334 e. The molecule has 1 fully saturated rings. The minimum absolute atomic E-state index is 0.0896. The fourth-order valence-corrected chi connectivity index (χ4v) is 3.67. The quantitative estimate of drug-likeness (QED) is 0.152. The number of nitrogens with one attached hydrogen (secondary N) is 1. The molecule has 0 radical (unpaired) electrons. The lowest BCUT2D eigenvalue weighted by Gasteiger charge is -2.34. The van der Waals surface area contributed by atoms with Gasteiger partial charge >= 0.3 is 6.03 Å². The highest BCUT2D eigenvalue weighted by molar-refractivity contribution is 5.93. The zero-order valence-electron chi connectivity index (χ0n) is 17.8. The Kier molecular flexibility index (Phi) is 9.80. The van der Waals surface area contributed by atoms with Crippen LogP contribution in [0.5, 0.6) is 0 Å². The van der Waals surface area contributed by atoms with Gasteiger partial charge in [-0.05, 0) is 44.4 Å². The predicted octanol–water partition coefficient (Wildman–Crippen LogP) is 2.05. The lowest BCUT2D eigenvalue weighted by molar-refractivity contribution is -0.128. The molecule has 2 heterocycles. The van der Waals surface area contributed by atoms with E-state index in [1.165, 1.54) is 16.8 Å². The average Bonchev–Trinajstić information content (AvgIpc) is 3.11. The Labute approximate surface area is 172 Å². The van der Waals surface area contributed by atoms with E-state index in [0.717, 1.165) is 32.1 Å². The molecule has 0 saturated carbocycles. The molecule has 2 rings (SSSR count). The Morgan fingerprint density at radius 3 is 2.62 bits per heavy atom. The average molecular weight is 410 g/mol. The molecule has 29 heavy (non-hydrogen) atoms. The van der Waals surface area contributed by atoms with Gasteiger partial charge in [0.1, 0.15) is 12.1 Å². The highest BCUT2D eigenvalue weighted by Crippen LogP contribution is 2.26. The minimum atomic E-state index is -0.643. The minimum Gasteiger partial charge on any atom is -0.411 e. The van der Waals surface area contributed by atoms with Gasteiger partial charge in [-0.1, -0.05) is 32.4 Å². The van der Waals surface area contributed by atoms with Crippen LogP contribution in [0.15, 0.2) is 17.3 Å². The van der Waals surface area contributed by atoms with Crippen LogP contribution < -0.4 is 11.2 Å². The number of ketones is 1. The van der Waals surface area contributed by atoms with E-state index in [2.05, 4.69) is 31.0 Å². The van der Waals surface area contributed by atoms with Crippen molar-refractivity contribution in [3.05, 3.63) is 12.2 Å². The summed E-state index contributed by atoms with van der Waals surface area (Å²) in [6.07, 6.45) is 8.89. The summed E-state index contributed by atoms with van der Waals surface area (Å²) in [6, 6.07) is -1.53. The molecular weight excluding hydrogens is 374 g/mol. The third-order valence-electron chi connectivity index (χ3n) is 5.18. The van der Waals surface area contributed by atoms with E-state index in [9.17, 15) is 14.4 Å². The molecule has 0 spiro atoms. The molecule has 0 aromatic carbocycles. The molecule has 2 unspecified atom stereocenters. The van der Waals surface area contributed by atoms with Gasteiger partial charge in [0.15, 0.2) is 5.78 Å². The number of fused-ring (bicyclic) bond motifs is 1. The maximum Gasteiger partial charge on any atom is 0.334 e. The van der Waals surface area contributed by atoms with Crippen molar-refractivity contribution in [1.82, 2.24) is 15.2 Å². The molecule has 1 saturated heterocycles. The number of Topliss-reactive ketones (excluding diaryl/α,β-unsaturated/α-hetero) is 1. The number of allylic oxidation sites excluding steroid dienone is 1. The topological polar surface area (TPSA) is 128 Å². The van der Waals surface area contributed by atoms with Crippen molar-refractivity contribution >= 4 is 24.4 Å². The van der Waals surface area contributed by atoms with E-state index in [-0.39, 0.29) is 23.1 Å². The zero-order valence-corrected chi connectivity index (χ0v) is 17.8. The first-order valence-corrected chi connectivity index (χ1v) is 10.0. The third-order valence-corrected chi connectivity index (χ3v) is 5.18. The fraction of sp³-hybridized carbons (Fsp3) is 0.700. The van der Waals surface area contributed by atoms with Gasteiger partial charge in [0.25, 0.3) is 0 Å². The van der Waals surface area contributed by atoms with Crippen LogP contribution in [0.2, 0.25) is 0 Å². The van der Waals surface area contributed by atoms with Crippen molar-refractivity contribution in [3.63, 3.8) is 0 Å². The molecule has 164 valence electrons. The first-order chi connectivity index (χ1) is 13.6. The third kappa shape index (κ3) is 7.84. The van der Waals surface area contributed by atoms with Crippen molar-refractivity contribution in [1.29, 1.82) is 0 Å². The molecule has 0 bridgehead atoms. The van der Waals surface area contributed by atoms with E-state index >= 15 is 0 Å². The number of hydrazine groups is 1. The van der Waals surface area contributed by atoms with Gasteiger partial charge in [0.05, 0.1) is 0 Å². The summed E-state index contributed by atoms with van der Waals surface area (Å²) < 4.78 is 0. The molecule has 0 aromatic heterocycles. The summed E-state index contributed by atoms with van der Waals surface area (Å²) >= 11 is 0. The SMILES string of the molecule is C=NO.CC(=O)C1C=CCCCCC(C)(C)CN(N)C(=O)N2CCCC2C(=O)N1. The molecule has 0 aliphatic carbocycles. The monoisotopic (exact) mass is 409 g/mol. The van der Waals surface area contributed by atoms with Crippen LogP contribution >= 0.6 is 0 Å². The molecule has 0 aromatic rings. The highest BCUT2D eigenvalue weighted by Gasteiger charge is 2.37. The summed E-state index contributed by atoms with van der Waals surface area (Å²) in [5.41, 5.74) is -0.0896. The van der Waals surface area contributed by atoms with Crippen molar-refractivity contribution in [2.45, 2.75) is 71.4 Å². The van der Waals surface area contributed by atoms with Crippen molar-refractivity contribution in [2.24, 2.45) is 16.4 Å². The van der Waals surface area contributed by atoms with E-state index in [0.29, 0.717) is 19.5 Å². The van der Waals surface area contributed by atoms with Crippen molar-refractivity contribution in [3.8, 4) is 0 Å². The first-order valence-electron chi connectivity index (χ1n) is 10.0. The summed E-state index contributed by atoms with van der Waals surface area (Å²) in [6.45, 7) is 9.29. The molecule has 2 atom stereocenters. The van der Waals surface area contributed by atoms with E-state index in [1.54, 1.807) is 6.08 Å². The molecule has 3 amide bonds. The molecule has 4 N–H and O–H groups in total. The Balaban J connectivity index is 0.00000132. The molecule has 2 aliphatic heterocycles. The van der Waals surface area contributed by atoms with Gasteiger partial charge in [-0.25, -0.2) is 10.6 Å². The standard InChI is InChI=1S/C19H32N4O3.CH3NO/c1-14(24)15-9-6-4-5-7-11-19(2,3)13-23(20)18(26)22-12-8-10-16(22)17(25)21-15;1-2-3/h6,9,15-16H,4-5,7-8,10-13,20H2,1-3H3,(H,21,25);3H,1H2. The van der Waals surface area contributed by atoms with Gasteiger partial charge in [-0.15, -0.1) is 5.16 Å². The number of hydrogen-bond donors (Lipinski definition) is 3. The van der Waals surface area contributed by atoms with Gasteiger partial charge in [-0.2, -0.15) is 0 Å². The summed E-state index contributed by atoms with van der Waals surface area (Å²) in [5.74, 6) is 5.65. The van der Waals surface area contributed by atoms with Crippen LogP contribution in [0.1, 0.15) is 59.3 Å². The normalized spacial score (nSPS) is 25.7. The predicted molar refractivity (Wildman–Crippen MR) is 111 cm³/mol. The Morgan fingerprint density at radius 1 is 1.34 bits per heavy atom. The Bertz CT molecular complexity index is 620. The number of nitrogens with two attached hydrogens (primary N) is 1. The summed E-state index contributed by atoms with van der Waals surface area (Å²) in [7, 11) is 0. The number of oxime groups is 1. The second kappa shape index (κ2) is 11.5. The highest BCUT2D eigenvalue weighted by atomic mass is 16.4. The maximum absolute atomic E-state index is 12.8. The fourth-order valence-electron chi connectivity index (χ4n) is 3.67. The molecule has 9 heteroatoms. The van der Waals surface area contributed by atoms with Crippen molar-refractivity contribution in [2.75, 3.05) is 13.1 Å². The lowest BCUT2D eigenvalue weighted by Crippen LogP contribution is -2.56. The van der Waals surface area contributed by atoms with Gasteiger partial charge in [-0.3, -0.25) is 14.6 Å². The lowest BCUT2D eigenvalue weighted by atomic mass is 9.86. The molecular formula is C20H35N5O4. The molecule has 9 nitrogen and oxygen atoms in total. The van der Waals surface area contributed by atoms with Gasteiger partial charge < -0.3 is 15.4 Å². The maximum atomic E-state index is 12.8. The number of rotatable bonds is 1. The number of amides is 3. The summed E-state index contributed by atoms with van der Waals surface area (Å²) in [4.78, 5) is 38.8. The summed E-state index contributed by atoms with van der Waals surface area (Å²) in [5, 5.41) is 13.4. The largest absolute Gasteiger partial charge is 0.411 e. The molecule has 2 aliphatic rings. The second-order valence-electron chi connectivity index (χ2n) is 8.34. The number of nitrogens with zero attached hydrogens (tertiary/aromatic N) is 3. The van der Waals surface area contributed by atoms with Gasteiger partial charge in [0.2, 0.25) is 5.91 Å². The number of carbonyl (C=O) groups is 3. The van der Waals surface area contributed by atoms with E-state index < -0.39 is 12.1 Å². The second-order valence-corrected chi connectivity index (χ2v) is 8.34. The van der Waals surface area contributed by atoms with Crippen LogP contribution in [-0.4, -0.2) is 64.7 Å². The zero-order chi connectivity index (χ0) is 22.0. The van der Waals surface area contributed by atoms with Crippen LogP contribution in [0, 0.1) is 5.41 Å². The number of hydrogen-bond acceptors (Lipinski definition) is 6. The van der Waals surface area contributed by atoms with E-state index in [4.69, 9.17) is 11.0 Å². The van der Waals surface area contributed by atoms with Crippen LogP contribution in [0.25, 0.3) is 0 Å². The van der Waals surface area contributed by atoms with Crippen LogP contribution in [-0.2, 0) is 9.59 Å². The van der Waals surface area contributed by atoms with Crippen LogP contribution in [0.4, 0.5) is 4.79 Å². The van der Waals surface area contributed by atoms with Crippen molar-refractivity contribution < 1.29 is 19.6 Å². The van der Waals surface area contributed by atoms with E-state index in [1.807, 2.05) is 6.08 Å².